The third-order valence-electron chi connectivity index (χ3n) is 2.23. The molecule has 1 atom stereocenters. The maximum atomic E-state index is 11.5. The van der Waals surface area contributed by atoms with Crippen molar-refractivity contribution in [1.29, 1.82) is 0 Å². The quantitative estimate of drug-likeness (QED) is 0.568. The van der Waals surface area contributed by atoms with Crippen LogP contribution in [-0.2, 0) is 14.4 Å². The van der Waals surface area contributed by atoms with Crippen molar-refractivity contribution in [2.75, 3.05) is 6.54 Å². The molecule has 1 aliphatic rings. The molecule has 0 bridgehead atoms. The second kappa shape index (κ2) is 5.27. The van der Waals surface area contributed by atoms with Crippen molar-refractivity contribution in [1.82, 2.24) is 16.0 Å². The molecular formula is C11H19N3O3. The van der Waals surface area contributed by atoms with Crippen LogP contribution >= 0.6 is 0 Å². The first-order chi connectivity index (χ1) is 7.78. The molecule has 3 amide bonds. The number of hydrogen-bond donors (Lipinski definition) is 3. The molecule has 96 valence electrons. The summed E-state index contributed by atoms with van der Waals surface area (Å²) in [5.41, 5.74) is -0.252. The molecule has 0 spiro atoms. The fourth-order valence-electron chi connectivity index (χ4n) is 1.56. The van der Waals surface area contributed by atoms with E-state index < -0.39 is 6.04 Å². The van der Waals surface area contributed by atoms with Crippen LogP contribution in [0.25, 0.3) is 0 Å². The lowest BCUT2D eigenvalue weighted by molar-refractivity contribution is -0.126. The Morgan fingerprint density at radius 3 is 2.53 bits per heavy atom. The van der Waals surface area contributed by atoms with E-state index in [2.05, 4.69) is 16.0 Å². The number of rotatable bonds is 4. The molecule has 6 nitrogen and oxygen atoms in total. The fraction of sp³-hybridized carbons (Fsp3) is 0.727. The van der Waals surface area contributed by atoms with Gasteiger partial charge in [0.25, 0.3) is 0 Å². The summed E-state index contributed by atoms with van der Waals surface area (Å²) in [4.78, 5) is 33.6. The number of amides is 3. The summed E-state index contributed by atoms with van der Waals surface area (Å²) in [7, 11) is 0. The topological polar surface area (TPSA) is 87.3 Å². The molecule has 0 aliphatic carbocycles. The van der Waals surface area contributed by atoms with E-state index in [0.29, 0.717) is 6.54 Å². The van der Waals surface area contributed by atoms with E-state index >= 15 is 0 Å². The Hall–Kier alpha value is -1.43. The van der Waals surface area contributed by atoms with Gasteiger partial charge in [-0.1, -0.05) is 0 Å². The summed E-state index contributed by atoms with van der Waals surface area (Å²) in [5.74, 6) is -0.660. The number of nitrogens with one attached hydrogen (secondary N) is 3. The van der Waals surface area contributed by atoms with Crippen molar-refractivity contribution < 1.29 is 14.4 Å². The van der Waals surface area contributed by atoms with Gasteiger partial charge in [-0.2, -0.15) is 0 Å². The molecule has 1 fully saturated rings. The van der Waals surface area contributed by atoms with Crippen molar-refractivity contribution >= 4 is 17.7 Å². The van der Waals surface area contributed by atoms with Gasteiger partial charge in [0, 0.05) is 18.5 Å². The molecule has 3 N–H and O–H groups in total. The Kier molecular flexibility index (Phi) is 4.22. The second-order valence-electron chi connectivity index (χ2n) is 5.17. The van der Waals surface area contributed by atoms with Gasteiger partial charge in [-0.05, 0) is 20.8 Å². The zero-order valence-electron chi connectivity index (χ0n) is 10.4. The molecule has 1 unspecified atom stereocenters. The van der Waals surface area contributed by atoms with E-state index in [4.69, 9.17) is 0 Å². The van der Waals surface area contributed by atoms with Crippen LogP contribution in [0.1, 0.15) is 33.6 Å². The minimum absolute atomic E-state index is 0.0743. The maximum Gasteiger partial charge on any atom is 0.244 e. The average Bonchev–Trinajstić information content (AvgIpc) is 2.42. The lowest BCUT2D eigenvalue weighted by atomic mass is 10.1. The first-order valence-corrected chi connectivity index (χ1v) is 5.66. The SMILES string of the molecule is CC(C)(C)NC(=O)CCNC1CC(=O)NC1=O. The number of hydrogen-bond acceptors (Lipinski definition) is 4. The second-order valence-corrected chi connectivity index (χ2v) is 5.17. The Bertz CT molecular complexity index is 333. The molecule has 6 heteroatoms. The predicted molar refractivity (Wildman–Crippen MR) is 62.1 cm³/mol. The van der Waals surface area contributed by atoms with Crippen LogP contribution in [0.15, 0.2) is 0 Å². The van der Waals surface area contributed by atoms with Gasteiger partial charge in [-0.15, -0.1) is 0 Å². The van der Waals surface area contributed by atoms with E-state index in [1.54, 1.807) is 0 Å². The smallest absolute Gasteiger partial charge is 0.244 e. The molecule has 1 aliphatic heterocycles. The van der Waals surface area contributed by atoms with Crippen molar-refractivity contribution in [3.8, 4) is 0 Å². The van der Waals surface area contributed by atoms with E-state index in [0.717, 1.165) is 0 Å². The predicted octanol–water partition coefficient (Wildman–Crippen LogP) is -0.704. The molecule has 1 heterocycles. The number of carbonyl (C=O) groups is 3. The van der Waals surface area contributed by atoms with E-state index in [1.165, 1.54) is 0 Å². The van der Waals surface area contributed by atoms with Gasteiger partial charge in [0.2, 0.25) is 17.7 Å². The first-order valence-electron chi connectivity index (χ1n) is 5.66. The highest BCUT2D eigenvalue weighted by molar-refractivity contribution is 6.05. The molecule has 1 saturated heterocycles. The number of imide groups is 1. The lowest BCUT2D eigenvalue weighted by Gasteiger charge is -2.20. The molecule has 0 aromatic heterocycles. The lowest BCUT2D eigenvalue weighted by Crippen LogP contribution is -2.43. The monoisotopic (exact) mass is 241 g/mol. The summed E-state index contributed by atoms with van der Waals surface area (Å²) in [6.07, 6.45) is 0.439. The van der Waals surface area contributed by atoms with Crippen LogP contribution in [0.5, 0.6) is 0 Å². The molecule has 17 heavy (non-hydrogen) atoms. The highest BCUT2D eigenvalue weighted by Crippen LogP contribution is 2.02. The van der Waals surface area contributed by atoms with Gasteiger partial charge >= 0.3 is 0 Å². The van der Waals surface area contributed by atoms with Crippen LogP contribution in [-0.4, -0.2) is 35.8 Å². The van der Waals surface area contributed by atoms with Crippen molar-refractivity contribution in [2.24, 2.45) is 0 Å². The Labute approximate surface area is 101 Å². The average molecular weight is 241 g/mol. The minimum atomic E-state index is -0.495. The summed E-state index contributed by atoms with van der Waals surface area (Å²) in [5, 5.41) is 7.91. The van der Waals surface area contributed by atoms with Gasteiger partial charge in [-0.25, -0.2) is 0 Å². The van der Waals surface area contributed by atoms with Crippen LogP contribution in [0.3, 0.4) is 0 Å². The highest BCUT2D eigenvalue weighted by Gasteiger charge is 2.29. The van der Waals surface area contributed by atoms with Crippen molar-refractivity contribution in [3.05, 3.63) is 0 Å². The molecule has 0 radical (unpaired) electrons. The maximum absolute atomic E-state index is 11.5. The Morgan fingerprint density at radius 1 is 1.41 bits per heavy atom. The van der Waals surface area contributed by atoms with Gasteiger partial charge in [-0.3, -0.25) is 19.7 Å². The minimum Gasteiger partial charge on any atom is -0.351 e. The van der Waals surface area contributed by atoms with Crippen LogP contribution in [0.2, 0.25) is 0 Å². The van der Waals surface area contributed by atoms with E-state index in [-0.39, 0.29) is 36.1 Å². The van der Waals surface area contributed by atoms with Crippen LogP contribution in [0, 0.1) is 0 Å². The largest absolute Gasteiger partial charge is 0.351 e. The molecule has 1 rings (SSSR count). The molecule has 0 saturated carbocycles. The summed E-state index contributed by atoms with van der Waals surface area (Å²) in [6, 6.07) is -0.495. The fourth-order valence-corrected chi connectivity index (χ4v) is 1.56. The van der Waals surface area contributed by atoms with Crippen LogP contribution < -0.4 is 16.0 Å². The van der Waals surface area contributed by atoms with Gasteiger partial charge in [0.15, 0.2) is 0 Å². The summed E-state index contributed by atoms with van der Waals surface area (Å²) in [6.45, 7) is 6.09. The van der Waals surface area contributed by atoms with Crippen molar-refractivity contribution in [2.45, 2.75) is 45.2 Å². The van der Waals surface area contributed by atoms with Gasteiger partial charge in [0.05, 0.1) is 12.5 Å². The third-order valence-corrected chi connectivity index (χ3v) is 2.23. The van der Waals surface area contributed by atoms with E-state index in [9.17, 15) is 14.4 Å². The molecule has 0 aromatic carbocycles. The zero-order valence-corrected chi connectivity index (χ0v) is 10.4. The van der Waals surface area contributed by atoms with E-state index in [1.807, 2.05) is 20.8 Å². The number of carbonyl (C=O) groups excluding carboxylic acids is 3. The van der Waals surface area contributed by atoms with Crippen molar-refractivity contribution in [3.63, 3.8) is 0 Å². The third kappa shape index (κ3) is 4.95. The Morgan fingerprint density at radius 2 is 2.06 bits per heavy atom. The highest BCUT2D eigenvalue weighted by atomic mass is 16.2. The summed E-state index contributed by atoms with van der Waals surface area (Å²) >= 11 is 0. The first kappa shape index (κ1) is 13.6. The standard InChI is InChI=1S/C11H19N3O3/c1-11(2,3)14-8(15)4-5-12-7-6-9(16)13-10(7)17/h7,12H,4-6H2,1-3H3,(H,14,15)(H,13,16,17). The Balaban J connectivity index is 2.22. The summed E-state index contributed by atoms with van der Waals surface area (Å²) < 4.78 is 0. The molecular weight excluding hydrogens is 222 g/mol. The zero-order chi connectivity index (χ0) is 13.1. The normalized spacial score (nSPS) is 20.3. The van der Waals surface area contributed by atoms with Crippen LogP contribution in [0.4, 0.5) is 0 Å². The molecule has 0 aromatic rings. The van der Waals surface area contributed by atoms with Gasteiger partial charge < -0.3 is 10.6 Å². The van der Waals surface area contributed by atoms with Gasteiger partial charge in [0.1, 0.15) is 0 Å².